The van der Waals surface area contributed by atoms with Crippen LogP contribution in [0.25, 0.3) is 5.52 Å². The van der Waals surface area contributed by atoms with Crippen LogP contribution in [0.5, 0.6) is 0 Å². The summed E-state index contributed by atoms with van der Waals surface area (Å²) in [6, 6.07) is 3.78. The second-order valence-corrected chi connectivity index (χ2v) is 3.91. The van der Waals surface area contributed by atoms with Crippen molar-refractivity contribution in [2.45, 2.75) is 20.0 Å². The van der Waals surface area contributed by atoms with E-state index in [4.69, 9.17) is 9.47 Å². The quantitative estimate of drug-likeness (QED) is 0.778. The normalized spacial score (nSPS) is 12.6. The molecule has 5 nitrogen and oxygen atoms in total. The molecule has 18 heavy (non-hydrogen) atoms. The third-order valence-corrected chi connectivity index (χ3v) is 2.86. The largest absolute Gasteiger partial charge is 0.462 e. The fraction of sp³-hybridized carbons (Fsp3) is 0.385. The van der Waals surface area contributed by atoms with Crippen LogP contribution in [0.15, 0.2) is 24.5 Å². The lowest BCUT2D eigenvalue weighted by Crippen LogP contribution is -2.13. The fourth-order valence-electron chi connectivity index (χ4n) is 1.93. The lowest BCUT2D eigenvalue weighted by atomic mass is 10.1. The van der Waals surface area contributed by atoms with Crippen molar-refractivity contribution in [2.24, 2.45) is 0 Å². The molecule has 0 aliphatic heterocycles. The van der Waals surface area contributed by atoms with Gasteiger partial charge in [-0.15, -0.1) is 0 Å². The number of hydrogen-bond donors (Lipinski definition) is 0. The van der Waals surface area contributed by atoms with E-state index in [1.807, 2.05) is 25.3 Å². The topological polar surface area (TPSA) is 52.8 Å². The maximum absolute atomic E-state index is 11.9. The first-order valence-corrected chi connectivity index (χ1v) is 5.85. The first kappa shape index (κ1) is 12.6. The summed E-state index contributed by atoms with van der Waals surface area (Å²) >= 11 is 0. The maximum atomic E-state index is 11.9. The minimum absolute atomic E-state index is 0.204. The number of esters is 1. The van der Waals surface area contributed by atoms with Crippen LogP contribution in [-0.4, -0.2) is 29.3 Å². The van der Waals surface area contributed by atoms with Gasteiger partial charge in [-0.05, 0) is 26.0 Å². The van der Waals surface area contributed by atoms with Crippen molar-refractivity contribution in [2.75, 3.05) is 13.7 Å². The van der Waals surface area contributed by atoms with Crippen LogP contribution in [-0.2, 0) is 9.47 Å². The Morgan fingerprint density at radius 3 is 3.00 bits per heavy atom. The number of methoxy groups -OCH3 is 1. The third-order valence-electron chi connectivity index (χ3n) is 2.86. The molecular formula is C13H16N2O3. The average molecular weight is 248 g/mol. The molecule has 0 fully saturated rings. The summed E-state index contributed by atoms with van der Waals surface area (Å²) in [6.45, 7) is 4.01. The Balaban J connectivity index is 2.60. The molecular weight excluding hydrogens is 232 g/mol. The van der Waals surface area contributed by atoms with Crippen LogP contribution >= 0.6 is 0 Å². The Hall–Kier alpha value is -1.88. The molecule has 2 heterocycles. The number of aromatic nitrogens is 2. The molecule has 1 unspecified atom stereocenters. The van der Waals surface area contributed by atoms with Gasteiger partial charge in [0, 0.05) is 18.9 Å². The summed E-state index contributed by atoms with van der Waals surface area (Å²) < 4.78 is 12.1. The number of carbonyl (C=O) groups is 1. The van der Waals surface area contributed by atoms with Crippen molar-refractivity contribution >= 4 is 11.5 Å². The summed E-state index contributed by atoms with van der Waals surface area (Å²) in [7, 11) is 1.61. The fourth-order valence-corrected chi connectivity index (χ4v) is 1.93. The Kier molecular flexibility index (Phi) is 3.62. The van der Waals surface area contributed by atoms with Crippen LogP contribution in [0.3, 0.4) is 0 Å². The Bertz CT molecular complexity index is 562. The zero-order valence-corrected chi connectivity index (χ0v) is 10.7. The minimum Gasteiger partial charge on any atom is -0.462 e. The molecule has 0 aliphatic rings. The smallest absolute Gasteiger partial charge is 0.340 e. The Labute approximate surface area is 105 Å². The average Bonchev–Trinajstić information content (AvgIpc) is 2.85. The molecule has 5 heteroatoms. The highest BCUT2D eigenvalue weighted by Crippen LogP contribution is 2.25. The molecule has 0 aliphatic carbocycles. The van der Waals surface area contributed by atoms with Crippen molar-refractivity contribution in [1.82, 2.24) is 9.61 Å². The summed E-state index contributed by atoms with van der Waals surface area (Å²) in [5, 5.41) is 4.18. The number of hydrogen-bond acceptors (Lipinski definition) is 4. The molecule has 1 atom stereocenters. The zero-order valence-electron chi connectivity index (χ0n) is 10.7. The molecule has 0 spiro atoms. The van der Waals surface area contributed by atoms with E-state index < -0.39 is 0 Å². The SMILES string of the molecule is CCOC(=O)c1cnn2cccc2c1C(C)OC. The van der Waals surface area contributed by atoms with E-state index in [-0.39, 0.29) is 12.1 Å². The van der Waals surface area contributed by atoms with Gasteiger partial charge in [0.1, 0.15) is 0 Å². The maximum Gasteiger partial charge on any atom is 0.340 e. The van der Waals surface area contributed by atoms with Crippen LogP contribution in [0, 0.1) is 0 Å². The van der Waals surface area contributed by atoms with Gasteiger partial charge in [0.05, 0.1) is 30.0 Å². The number of nitrogens with zero attached hydrogens (tertiary/aromatic N) is 2. The molecule has 2 rings (SSSR count). The molecule has 0 amide bonds. The zero-order chi connectivity index (χ0) is 13.1. The highest BCUT2D eigenvalue weighted by molar-refractivity contribution is 5.93. The highest BCUT2D eigenvalue weighted by atomic mass is 16.5. The van der Waals surface area contributed by atoms with Crippen LogP contribution in [0.1, 0.15) is 35.9 Å². The van der Waals surface area contributed by atoms with Crippen molar-refractivity contribution in [1.29, 1.82) is 0 Å². The van der Waals surface area contributed by atoms with Crippen molar-refractivity contribution in [3.63, 3.8) is 0 Å². The van der Waals surface area contributed by atoms with Gasteiger partial charge >= 0.3 is 5.97 Å². The van der Waals surface area contributed by atoms with Gasteiger partial charge in [-0.3, -0.25) is 0 Å². The van der Waals surface area contributed by atoms with Crippen LogP contribution < -0.4 is 0 Å². The van der Waals surface area contributed by atoms with Gasteiger partial charge in [-0.2, -0.15) is 5.10 Å². The molecule has 2 aromatic rings. The second-order valence-electron chi connectivity index (χ2n) is 3.91. The van der Waals surface area contributed by atoms with E-state index in [9.17, 15) is 4.79 Å². The van der Waals surface area contributed by atoms with Crippen LogP contribution in [0.4, 0.5) is 0 Å². The highest BCUT2D eigenvalue weighted by Gasteiger charge is 2.21. The van der Waals surface area contributed by atoms with E-state index in [1.165, 1.54) is 6.20 Å². The molecule has 0 aromatic carbocycles. The Morgan fingerprint density at radius 2 is 2.33 bits per heavy atom. The predicted molar refractivity (Wildman–Crippen MR) is 66.6 cm³/mol. The van der Waals surface area contributed by atoms with E-state index in [1.54, 1.807) is 18.5 Å². The van der Waals surface area contributed by atoms with Gasteiger partial charge in [0.15, 0.2) is 0 Å². The molecule has 0 N–H and O–H groups in total. The summed E-state index contributed by atoms with van der Waals surface area (Å²) in [4.78, 5) is 11.9. The monoisotopic (exact) mass is 248 g/mol. The van der Waals surface area contributed by atoms with E-state index >= 15 is 0 Å². The van der Waals surface area contributed by atoms with Gasteiger partial charge in [0.25, 0.3) is 0 Å². The number of rotatable bonds is 4. The first-order valence-electron chi connectivity index (χ1n) is 5.85. The number of carbonyl (C=O) groups excluding carboxylic acids is 1. The molecule has 96 valence electrons. The standard InChI is InChI=1S/C13H16N2O3/c1-4-18-13(16)10-8-14-15-7-5-6-11(15)12(10)9(2)17-3/h5-9H,4H2,1-3H3. The van der Waals surface area contributed by atoms with Gasteiger partial charge in [-0.25, -0.2) is 9.31 Å². The van der Waals surface area contributed by atoms with Crippen molar-refractivity contribution in [3.8, 4) is 0 Å². The lowest BCUT2D eigenvalue weighted by Gasteiger charge is -2.15. The predicted octanol–water partition coefficient (Wildman–Crippen LogP) is 2.22. The lowest BCUT2D eigenvalue weighted by molar-refractivity contribution is 0.0515. The molecule has 0 saturated heterocycles. The third kappa shape index (κ3) is 2.09. The van der Waals surface area contributed by atoms with Gasteiger partial charge in [-0.1, -0.05) is 0 Å². The summed E-state index contributed by atoms with van der Waals surface area (Å²) in [6.07, 6.45) is 3.15. The number of ether oxygens (including phenoxy) is 2. The Morgan fingerprint density at radius 1 is 1.56 bits per heavy atom. The van der Waals surface area contributed by atoms with Crippen molar-refractivity contribution < 1.29 is 14.3 Å². The number of fused-ring (bicyclic) bond motifs is 1. The van der Waals surface area contributed by atoms with E-state index in [2.05, 4.69) is 5.10 Å². The molecule has 0 radical (unpaired) electrons. The van der Waals surface area contributed by atoms with Crippen LogP contribution in [0.2, 0.25) is 0 Å². The van der Waals surface area contributed by atoms with E-state index in [0.717, 1.165) is 11.1 Å². The summed E-state index contributed by atoms with van der Waals surface area (Å²) in [5.74, 6) is -0.368. The molecule has 0 saturated carbocycles. The van der Waals surface area contributed by atoms with E-state index in [0.29, 0.717) is 12.2 Å². The second kappa shape index (κ2) is 5.18. The van der Waals surface area contributed by atoms with Gasteiger partial charge in [0.2, 0.25) is 0 Å². The minimum atomic E-state index is -0.368. The molecule has 0 bridgehead atoms. The van der Waals surface area contributed by atoms with Crippen molar-refractivity contribution in [3.05, 3.63) is 35.7 Å². The summed E-state index contributed by atoms with van der Waals surface area (Å²) in [5.41, 5.74) is 2.11. The van der Waals surface area contributed by atoms with Gasteiger partial charge < -0.3 is 9.47 Å². The molecule has 2 aromatic heterocycles. The first-order chi connectivity index (χ1) is 8.69.